The number of hydrogen-bond donors (Lipinski definition) is 2. The second-order valence-corrected chi connectivity index (χ2v) is 8.45. The van der Waals surface area contributed by atoms with Gasteiger partial charge in [0, 0.05) is 23.6 Å². The number of rotatable bonds is 7. The third-order valence-electron chi connectivity index (χ3n) is 4.40. The molecule has 2 aromatic heterocycles. The molecule has 0 spiro atoms. The van der Waals surface area contributed by atoms with Gasteiger partial charge in [-0.2, -0.15) is 0 Å². The van der Waals surface area contributed by atoms with Crippen LogP contribution in [-0.4, -0.2) is 39.6 Å². The van der Waals surface area contributed by atoms with Gasteiger partial charge in [0.25, 0.3) is 0 Å². The summed E-state index contributed by atoms with van der Waals surface area (Å²) in [5.74, 6) is 1.86. The van der Waals surface area contributed by atoms with E-state index in [0.717, 1.165) is 46.2 Å². The molecular weight excluding hydrogens is 342 g/mol. The maximum Gasteiger partial charge on any atom is 0.190 e. The van der Waals surface area contributed by atoms with E-state index < -0.39 is 0 Å². The number of aliphatic hydroxyl groups excluding tert-OH is 1. The van der Waals surface area contributed by atoms with E-state index in [2.05, 4.69) is 26.1 Å². The Labute approximate surface area is 151 Å². The summed E-state index contributed by atoms with van der Waals surface area (Å²) in [5, 5.41) is 14.4. The fourth-order valence-corrected chi connectivity index (χ4v) is 4.70. The van der Waals surface area contributed by atoms with Gasteiger partial charge in [0.15, 0.2) is 5.16 Å². The minimum Gasteiger partial charge on any atom is -0.395 e. The highest BCUT2D eigenvalue weighted by molar-refractivity contribution is 7.99. The Balaban J connectivity index is 2.07. The molecule has 3 rings (SSSR count). The van der Waals surface area contributed by atoms with E-state index in [1.54, 1.807) is 23.1 Å². The van der Waals surface area contributed by atoms with E-state index in [0.29, 0.717) is 13.2 Å². The van der Waals surface area contributed by atoms with E-state index in [1.165, 1.54) is 10.4 Å². The smallest absolute Gasteiger partial charge is 0.190 e. The van der Waals surface area contributed by atoms with Crippen molar-refractivity contribution >= 4 is 39.1 Å². The Kier molecular flexibility index (Phi) is 5.64. The fourth-order valence-electron chi connectivity index (χ4n) is 2.84. The van der Waals surface area contributed by atoms with Gasteiger partial charge in [0.2, 0.25) is 0 Å². The van der Waals surface area contributed by atoms with Crippen molar-refractivity contribution in [2.75, 3.05) is 24.2 Å². The molecule has 0 aromatic carbocycles. The zero-order valence-electron chi connectivity index (χ0n) is 14.5. The maximum absolute atomic E-state index is 9.19. The second kappa shape index (κ2) is 7.56. The molecule has 132 valence electrons. The first kappa shape index (κ1) is 17.9. The summed E-state index contributed by atoms with van der Waals surface area (Å²) in [6.07, 6.45) is 2.96. The summed E-state index contributed by atoms with van der Waals surface area (Å²) in [4.78, 5) is 11.8. The first-order valence-electron chi connectivity index (χ1n) is 8.54. The highest BCUT2D eigenvalue weighted by atomic mass is 32.2. The Morgan fingerprint density at radius 3 is 2.92 bits per heavy atom. The number of hydrogen-bond acceptors (Lipinski definition) is 7. The largest absolute Gasteiger partial charge is 0.395 e. The van der Waals surface area contributed by atoms with Crippen LogP contribution in [0, 0.1) is 0 Å². The van der Waals surface area contributed by atoms with Crippen molar-refractivity contribution in [3.05, 3.63) is 10.4 Å². The number of ether oxygens (including phenoxy) is 1. The SMILES string of the molecule is CCCSc1nc(NCCO)c2c3c(sc2n1)CO[C@](C)(CC)C3. The van der Waals surface area contributed by atoms with Crippen LogP contribution in [0.15, 0.2) is 5.16 Å². The highest BCUT2D eigenvalue weighted by Crippen LogP contribution is 2.42. The maximum atomic E-state index is 9.19. The molecule has 0 aliphatic carbocycles. The number of thioether (sulfide) groups is 1. The molecule has 3 heterocycles. The number of aromatic nitrogens is 2. The Hall–Kier alpha value is -0.890. The van der Waals surface area contributed by atoms with E-state index in [4.69, 9.17) is 14.7 Å². The van der Waals surface area contributed by atoms with Crippen LogP contribution in [0.25, 0.3) is 10.2 Å². The van der Waals surface area contributed by atoms with Gasteiger partial charge in [-0.1, -0.05) is 25.6 Å². The predicted molar refractivity (Wildman–Crippen MR) is 101 cm³/mol. The lowest BCUT2D eigenvalue weighted by Crippen LogP contribution is -2.34. The van der Waals surface area contributed by atoms with Crippen molar-refractivity contribution in [1.82, 2.24) is 9.97 Å². The molecule has 1 aliphatic heterocycles. The summed E-state index contributed by atoms with van der Waals surface area (Å²) < 4.78 is 6.08. The fraction of sp³-hybridized carbons (Fsp3) is 0.647. The predicted octanol–water partition coefficient (Wildman–Crippen LogP) is 3.84. The lowest BCUT2D eigenvalue weighted by Gasteiger charge is -2.33. The van der Waals surface area contributed by atoms with Crippen molar-refractivity contribution < 1.29 is 9.84 Å². The number of aliphatic hydroxyl groups is 1. The van der Waals surface area contributed by atoms with Gasteiger partial charge < -0.3 is 15.2 Å². The minimum atomic E-state index is -0.120. The van der Waals surface area contributed by atoms with Crippen LogP contribution in [0.5, 0.6) is 0 Å². The number of anilines is 1. The first-order chi connectivity index (χ1) is 11.6. The summed E-state index contributed by atoms with van der Waals surface area (Å²) in [6.45, 7) is 7.73. The summed E-state index contributed by atoms with van der Waals surface area (Å²) >= 11 is 3.40. The lowest BCUT2D eigenvalue weighted by atomic mass is 9.90. The van der Waals surface area contributed by atoms with Crippen LogP contribution < -0.4 is 5.32 Å². The molecule has 2 N–H and O–H groups in total. The molecular formula is C17H25N3O2S2. The average molecular weight is 368 g/mol. The van der Waals surface area contributed by atoms with E-state index in [9.17, 15) is 5.11 Å². The van der Waals surface area contributed by atoms with E-state index >= 15 is 0 Å². The van der Waals surface area contributed by atoms with E-state index in [-0.39, 0.29) is 12.2 Å². The first-order valence-corrected chi connectivity index (χ1v) is 10.3. The number of fused-ring (bicyclic) bond motifs is 3. The molecule has 0 unspecified atom stereocenters. The molecule has 0 bridgehead atoms. The van der Waals surface area contributed by atoms with Gasteiger partial charge in [-0.3, -0.25) is 0 Å². The molecule has 0 amide bonds. The molecule has 0 radical (unpaired) electrons. The van der Waals surface area contributed by atoms with Crippen molar-refractivity contribution in [1.29, 1.82) is 0 Å². The third-order valence-corrected chi connectivity index (χ3v) is 6.56. The normalized spacial score (nSPS) is 20.3. The number of nitrogens with one attached hydrogen (secondary N) is 1. The monoisotopic (exact) mass is 367 g/mol. The van der Waals surface area contributed by atoms with E-state index in [1.807, 2.05) is 0 Å². The van der Waals surface area contributed by atoms with Crippen molar-refractivity contribution in [3.8, 4) is 0 Å². The standard InChI is InChI=1S/C17H25N3O2S2/c1-4-8-23-16-19-14(18-6-7-21)13-11-9-17(3,5-2)22-10-12(11)24-15(13)20-16/h21H,4-10H2,1-3H3,(H,18,19,20)/t17-/m1/s1. The van der Waals surface area contributed by atoms with Crippen molar-refractivity contribution in [2.45, 2.75) is 57.4 Å². The molecule has 0 saturated carbocycles. The molecule has 5 nitrogen and oxygen atoms in total. The lowest BCUT2D eigenvalue weighted by molar-refractivity contribution is -0.0542. The summed E-state index contributed by atoms with van der Waals surface area (Å²) in [7, 11) is 0. The van der Waals surface area contributed by atoms with Crippen molar-refractivity contribution in [2.24, 2.45) is 0 Å². The molecule has 1 atom stereocenters. The zero-order valence-corrected chi connectivity index (χ0v) is 16.1. The topological polar surface area (TPSA) is 67.3 Å². The number of thiophene rings is 1. The van der Waals surface area contributed by atoms with Crippen LogP contribution in [0.1, 0.15) is 44.1 Å². The molecule has 7 heteroatoms. The minimum absolute atomic E-state index is 0.0883. The summed E-state index contributed by atoms with van der Waals surface area (Å²) in [5.41, 5.74) is 1.20. The molecule has 1 aliphatic rings. The van der Waals surface area contributed by atoms with Gasteiger partial charge >= 0.3 is 0 Å². The average Bonchev–Trinajstić information content (AvgIpc) is 2.95. The van der Waals surface area contributed by atoms with Crippen molar-refractivity contribution in [3.63, 3.8) is 0 Å². The highest BCUT2D eigenvalue weighted by Gasteiger charge is 2.33. The Morgan fingerprint density at radius 1 is 1.38 bits per heavy atom. The third kappa shape index (κ3) is 3.54. The Bertz CT molecular complexity index is 719. The van der Waals surface area contributed by atoms with Crippen LogP contribution >= 0.6 is 23.1 Å². The number of nitrogens with zero attached hydrogens (tertiary/aromatic N) is 2. The molecule has 2 aromatic rings. The summed E-state index contributed by atoms with van der Waals surface area (Å²) in [6, 6.07) is 0. The molecule has 0 fully saturated rings. The van der Waals surface area contributed by atoms with Gasteiger partial charge in [-0.25, -0.2) is 9.97 Å². The van der Waals surface area contributed by atoms with Gasteiger partial charge in [0.05, 0.1) is 24.2 Å². The Morgan fingerprint density at radius 2 is 2.21 bits per heavy atom. The van der Waals surface area contributed by atoms with Crippen LogP contribution in [0.2, 0.25) is 0 Å². The van der Waals surface area contributed by atoms with Crippen LogP contribution in [0.4, 0.5) is 5.82 Å². The van der Waals surface area contributed by atoms with Gasteiger partial charge in [-0.15, -0.1) is 11.3 Å². The molecule has 0 saturated heterocycles. The quantitative estimate of drug-likeness (QED) is 0.572. The second-order valence-electron chi connectivity index (χ2n) is 6.31. The van der Waals surface area contributed by atoms with Crippen LogP contribution in [0.3, 0.4) is 0 Å². The zero-order chi connectivity index (χ0) is 17.2. The molecule has 24 heavy (non-hydrogen) atoms. The van der Waals surface area contributed by atoms with Crippen LogP contribution in [-0.2, 0) is 17.8 Å². The van der Waals surface area contributed by atoms with Gasteiger partial charge in [0.1, 0.15) is 10.6 Å². The van der Waals surface area contributed by atoms with Gasteiger partial charge in [-0.05, 0) is 25.3 Å².